The number of ether oxygens (including phenoxy) is 1. The largest absolute Gasteiger partial charge is 0.493 e. The number of thiazole rings is 1. The van der Waals surface area contributed by atoms with E-state index in [4.69, 9.17) is 4.74 Å². The van der Waals surface area contributed by atoms with Crippen LogP contribution in [0.25, 0.3) is 0 Å². The van der Waals surface area contributed by atoms with Gasteiger partial charge in [-0.05, 0) is 37.3 Å². The van der Waals surface area contributed by atoms with E-state index < -0.39 is 11.9 Å². The van der Waals surface area contributed by atoms with E-state index in [2.05, 4.69) is 20.6 Å². The fourth-order valence-electron chi connectivity index (χ4n) is 2.68. The molecule has 1 aliphatic rings. The van der Waals surface area contributed by atoms with Crippen molar-refractivity contribution in [2.24, 2.45) is 10.9 Å². The Morgan fingerprint density at radius 2 is 2.07 bits per heavy atom. The molecule has 0 bridgehead atoms. The number of halogens is 4. The third-order valence-electron chi connectivity index (χ3n) is 4.54. The molecule has 30 heavy (non-hydrogen) atoms. The predicted octanol–water partition coefficient (Wildman–Crippen LogP) is 4.78. The van der Waals surface area contributed by atoms with Gasteiger partial charge in [0.2, 0.25) is 0 Å². The zero-order valence-electron chi connectivity index (χ0n) is 16.9. The highest BCUT2D eigenvalue weighted by molar-refractivity contribution is 14.0. The highest BCUT2D eigenvalue weighted by atomic mass is 127. The first-order valence-electron chi connectivity index (χ1n) is 9.53. The van der Waals surface area contributed by atoms with Crippen LogP contribution in [0.15, 0.2) is 28.6 Å². The van der Waals surface area contributed by atoms with Crippen molar-refractivity contribution in [3.8, 4) is 5.75 Å². The molecule has 3 rings (SSSR count). The molecule has 1 aliphatic carbocycles. The minimum atomic E-state index is -4.40. The van der Waals surface area contributed by atoms with E-state index in [0.717, 1.165) is 40.2 Å². The Labute approximate surface area is 195 Å². The van der Waals surface area contributed by atoms with Gasteiger partial charge in [0.25, 0.3) is 0 Å². The lowest BCUT2D eigenvalue weighted by molar-refractivity contribution is -0.140. The van der Waals surface area contributed by atoms with Crippen LogP contribution in [0.3, 0.4) is 0 Å². The number of alkyl halides is 3. The molecule has 1 fully saturated rings. The Hall–Kier alpha value is -1.56. The SMILES string of the molecule is CN=C(NCCc1nc(C(F)(F)F)cs1)NCc1ccc(C)cc1OCC1CC1.I. The second-order valence-electron chi connectivity index (χ2n) is 7.09. The predicted molar refractivity (Wildman–Crippen MR) is 124 cm³/mol. The number of guanidine groups is 1. The Morgan fingerprint density at radius 1 is 1.30 bits per heavy atom. The van der Waals surface area contributed by atoms with Crippen molar-refractivity contribution in [1.29, 1.82) is 0 Å². The third kappa shape index (κ3) is 7.60. The van der Waals surface area contributed by atoms with Crippen molar-refractivity contribution < 1.29 is 17.9 Å². The average molecular weight is 554 g/mol. The highest BCUT2D eigenvalue weighted by Crippen LogP contribution is 2.31. The van der Waals surface area contributed by atoms with Crippen molar-refractivity contribution in [3.63, 3.8) is 0 Å². The molecule has 166 valence electrons. The lowest BCUT2D eigenvalue weighted by Gasteiger charge is -2.15. The summed E-state index contributed by atoms with van der Waals surface area (Å²) < 4.78 is 43.8. The van der Waals surface area contributed by atoms with Gasteiger partial charge in [-0.2, -0.15) is 13.2 Å². The van der Waals surface area contributed by atoms with Crippen molar-refractivity contribution in [3.05, 3.63) is 45.4 Å². The molecule has 10 heteroatoms. The normalized spacial score (nSPS) is 14.2. The molecule has 2 aromatic rings. The number of aryl methyl sites for hydroxylation is 1. The minimum absolute atomic E-state index is 0. The lowest BCUT2D eigenvalue weighted by Crippen LogP contribution is -2.38. The van der Waals surface area contributed by atoms with Gasteiger partial charge in [0.1, 0.15) is 5.75 Å². The number of nitrogens with one attached hydrogen (secondary N) is 2. The topological polar surface area (TPSA) is 58.5 Å². The van der Waals surface area contributed by atoms with E-state index >= 15 is 0 Å². The molecule has 1 aromatic heterocycles. The van der Waals surface area contributed by atoms with E-state index in [-0.39, 0.29) is 24.0 Å². The smallest absolute Gasteiger partial charge is 0.434 e. The minimum Gasteiger partial charge on any atom is -0.493 e. The summed E-state index contributed by atoms with van der Waals surface area (Å²) in [5.74, 6) is 2.13. The summed E-state index contributed by atoms with van der Waals surface area (Å²) in [6, 6.07) is 6.11. The second kappa shape index (κ2) is 11.2. The molecule has 0 amide bonds. The van der Waals surface area contributed by atoms with E-state index in [1.807, 2.05) is 25.1 Å². The van der Waals surface area contributed by atoms with Crippen LogP contribution in [0.5, 0.6) is 5.75 Å². The van der Waals surface area contributed by atoms with E-state index in [1.54, 1.807) is 7.05 Å². The molecular formula is C20H26F3IN4OS. The number of rotatable bonds is 8. The van der Waals surface area contributed by atoms with Gasteiger partial charge < -0.3 is 15.4 Å². The summed E-state index contributed by atoms with van der Waals surface area (Å²) in [5.41, 5.74) is 1.34. The van der Waals surface area contributed by atoms with Gasteiger partial charge in [-0.3, -0.25) is 4.99 Å². The molecule has 0 unspecified atom stereocenters. The molecule has 1 saturated carbocycles. The first-order chi connectivity index (χ1) is 13.8. The fourth-order valence-corrected chi connectivity index (χ4v) is 3.48. The Balaban J connectivity index is 0.00000320. The van der Waals surface area contributed by atoms with Crippen LogP contribution >= 0.6 is 35.3 Å². The maximum absolute atomic E-state index is 12.6. The maximum Gasteiger partial charge on any atom is 0.434 e. The second-order valence-corrected chi connectivity index (χ2v) is 8.03. The summed E-state index contributed by atoms with van der Waals surface area (Å²) in [6.45, 7) is 3.75. The molecular weight excluding hydrogens is 528 g/mol. The summed E-state index contributed by atoms with van der Waals surface area (Å²) in [5, 5.41) is 7.82. The zero-order chi connectivity index (χ0) is 20.9. The van der Waals surface area contributed by atoms with Gasteiger partial charge in [0, 0.05) is 37.5 Å². The number of nitrogens with zero attached hydrogens (tertiary/aromatic N) is 2. The van der Waals surface area contributed by atoms with Crippen LogP contribution in [0.1, 0.15) is 34.7 Å². The molecule has 5 nitrogen and oxygen atoms in total. The Morgan fingerprint density at radius 3 is 2.70 bits per heavy atom. The number of hydrogen-bond acceptors (Lipinski definition) is 4. The third-order valence-corrected chi connectivity index (χ3v) is 5.45. The number of aliphatic imine (C=N–C) groups is 1. The quantitative estimate of drug-likeness (QED) is 0.280. The number of hydrogen-bond donors (Lipinski definition) is 2. The van der Waals surface area contributed by atoms with Gasteiger partial charge in [0.05, 0.1) is 11.6 Å². The summed E-state index contributed by atoms with van der Waals surface area (Å²) >= 11 is 1.01. The van der Waals surface area contributed by atoms with Crippen molar-refractivity contribution in [2.45, 2.75) is 38.9 Å². The van der Waals surface area contributed by atoms with Crippen molar-refractivity contribution in [1.82, 2.24) is 15.6 Å². The van der Waals surface area contributed by atoms with Crippen LogP contribution in [-0.2, 0) is 19.1 Å². The first kappa shape index (κ1) is 24.7. The van der Waals surface area contributed by atoms with Crippen molar-refractivity contribution in [2.75, 3.05) is 20.2 Å². The number of aromatic nitrogens is 1. The Bertz CT molecular complexity index is 853. The first-order valence-corrected chi connectivity index (χ1v) is 10.4. The maximum atomic E-state index is 12.6. The summed E-state index contributed by atoms with van der Waals surface area (Å²) in [7, 11) is 1.65. The van der Waals surface area contributed by atoms with E-state index in [1.165, 1.54) is 12.8 Å². The lowest BCUT2D eigenvalue weighted by atomic mass is 10.1. The number of benzene rings is 1. The van der Waals surface area contributed by atoms with Gasteiger partial charge >= 0.3 is 6.18 Å². The van der Waals surface area contributed by atoms with Crippen LogP contribution in [0.2, 0.25) is 0 Å². The Kier molecular flexibility index (Phi) is 9.20. The standard InChI is InChI=1S/C20H25F3N4OS.HI/c1-13-3-6-15(16(9-13)28-11-14-4-5-14)10-26-19(24-2)25-8-7-18-27-17(12-29-18)20(21,22)23;/h3,6,9,12,14H,4-5,7-8,10-11H2,1-2H3,(H2,24,25,26);1H. The molecule has 2 N–H and O–H groups in total. The highest BCUT2D eigenvalue weighted by Gasteiger charge is 2.33. The summed E-state index contributed by atoms with van der Waals surface area (Å²) in [4.78, 5) is 7.80. The van der Waals surface area contributed by atoms with Gasteiger partial charge in [-0.1, -0.05) is 12.1 Å². The van der Waals surface area contributed by atoms with Crippen LogP contribution < -0.4 is 15.4 Å². The molecule has 1 heterocycles. The average Bonchev–Trinajstić information content (AvgIpc) is 3.38. The molecule has 0 radical (unpaired) electrons. The van der Waals surface area contributed by atoms with Crippen LogP contribution in [0, 0.1) is 12.8 Å². The van der Waals surface area contributed by atoms with E-state index in [9.17, 15) is 13.2 Å². The van der Waals surface area contributed by atoms with Crippen molar-refractivity contribution >= 4 is 41.3 Å². The van der Waals surface area contributed by atoms with Gasteiger partial charge in [-0.15, -0.1) is 35.3 Å². The fraction of sp³-hybridized carbons (Fsp3) is 0.500. The molecule has 0 atom stereocenters. The van der Waals surface area contributed by atoms with Crippen LogP contribution in [-0.4, -0.2) is 31.1 Å². The monoisotopic (exact) mass is 554 g/mol. The molecule has 1 aromatic carbocycles. The van der Waals surface area contributed by atoms with Crippen LogP contribution in [0.4, 0.5) is 13.2 Å². The zero-order valence-corrected chi connectivity index (χ0v) is 20.0. The van der Waals surface area contributed by atoms with Gasteiger partial charge in [-0.25, -0.2) is 4.98 Å². The molecule has 0 saturated heterocycles. The van der Waals surface area contributed by atoms with E-state index in [0.29, 0.717) is 36.4 Å². The molecule has 0 aliphatic heterocycles. The molecule has 0 spiro atoms. The van der Waals surface area contributed by atoms with Gasteiger partial charge in [0.15, 0.2) is 11.7 Å². The summed E-state index contributed by atoms with van der Waals surface area (Å²) in [6.07, 6.45) is -1.53.